The zero-order valence-electron chi connectivity index (χ0n) is 18.1. The van der Waals surface area contributed by atoms with E-state index in [1.54, 1.807) is 38.3 Å². The molecule has 0 aliphatic rings. The summed E-state index contributed by atoms with van der Waals surface area (Å²) in [7, 11) is 1.58. The second kappa shape index (κ2) is 10.00. The number of benzene rings is 2. The quantitative estimate of drug-likeness (QED) is 0.491. The fraction of sp³-hybridized carbons (Fsp3) is 0.292. The molecule has 1 aromatic heterocycles. The maximum absolute atomic E-state index is 12.2. The van der Waals surface area contributed by atoms with Gasteiger partial charge in [0.25, 0.3) is 5.91 Å². The first-order chi connectivity index (χ1) is 15.3. The zero-order valence-corrected chi connectivity index (χ0v) is 18.1. The normalized spacial score (nSPS) is 12.7. The smallest absolute Gasteiger partial charge is 0.336 e. The lowest BCUT2D eigenvalue weighted by molar-refractivity contribution is -0.143. The van der Waals surface area contributed by atoms with E-state index < -0.39 is 23.5 Å². The summed E-state index contributed by atoms with van der Waals surface area (Å²) < 4.78 is 16.0. The molecule has 3 aromatic rings. The van der Waals surface area contributed by atoms with Crippen molar-refractivity contribution in [3.63, 3.8) is 0 Å². The Morgan fingerprint density at radius 1 is 1.09 bits per heavy atom. The first-order valence-electron chi connectivity index (χ1n) is 10.2. The Labute approximate surface area is 184 Å². The Kier molecular flexibility index (Phi) is 7.14. The molecule has 0 fully saturated rings. The van der Waals surface area contributed by atoms with Crippen LogP contribution in [-0.4, -0.2) is 36.7 Å². The van der Waals surface area contributed by atoms with Crippen LogP contribution in [0.1, 0.15) is 20.3 Å². The van der Waals surface area contributed by atoms with E-state index in [-0.39, 0.29) is 12.5 Å². The summed E-state index contributed by atoms with van der Waals surface area (Å²) in [5.74, 6) is -0.841. The topological polar surface area (TPSA) is 115 Å². The number of nitrogens with one attached hydrogen (secondary N) is 1. The number of hydrogen-bond donors (Lipinski definition) is 2. The van der Waals surface area contributed by atoms with Gasteiger partial charge in [-0.1, -0.05) is 32.4 Å². The third-order valence-corrected chi connectivity index (χ3v) is 5.28. The highest BCUT2D eigenvalue weighted by Crippen LogP contribution is 2.30. The van der Waals surface area contributed by atoms with Gasteiger partial charge in [0, 0.05) is 17.5 Å². The van der Waals surface area contributed by atoms with Crippen LogP contribution < -0.4 is 20.4 Å². The summed E-state index contributed by atoms with van der Waals surface area (Å²) in [6, 6.07) is 12.6. The van der Waals surface area contributed by atoms with E-state index >= 15 is 0 Å². The molecule has 0 saturated heterocycles. The van der Waals surface area contributed by atoms with Gasteiger partial charge in [0.2, 0.25) is 0 Å². The molecule has 0 spiro atoms. The van der Waals surface area contributed by atoms with Crippen molar-refractivity contribution in [1.29, 1.82) is 0 Å². The molecule has 0 unspecified atom stereocenters. The molecule has 0 radical (unpaired) electrons. The molecule has 168 valence electrons. The molecule has 32 heavy (non-hydrogen) atoms. The number of carbonyl (C=O) groups excluding carboxylic acids is 1. The number of fused-ring (bicyclic) bond motifs is 1. The molecule has 0 aliphatic carbocycles. The maximum Gasteiger partial charge on any atom is 0.336 e. The predicted octanol–water partition coefficient (Wildman–Crippen LogP) is 3.46. The number of aliphatic carboxylic acids is 1. The van der Waals surface area contributed by atoms with Crippen LogP contribution in [0, 0.1) is 5.92 Å². The Balaban J connectivity index is 1.79. The summed E-state index contributed by atoms with van der Waals surface area (Å²) >= 11 is 0. The number of carboxylic acids is 1. The molecule has 8 heteroatoms. The van der Waals surface area contributed by atoms with Crippen molar-refractivity contribution in [2.45, 2.75) is 26.3 Å². The van der Waals surface area contributed by atoms with Crippen molar-refractivity contribution in [3.05, 3.63) is 59.0 Å². The third kappa shape index (κ3) is 5.26. The molecule has 0 saturated carbocycles. The van der Waals surface area contributed by atoms with Crippen LogP contribution in [0.2, 0.25) is 0 Å². The largest absolute Gasteiger partial charge is 0.497 e. The number of carbonyl (C=O) groups is 2. The Morgan fingerprint density at radius 3 is 2.41 bits per heavy atom. The summed E-state index contributed by atoms with van der Waals surface area (Å²) in [5, 5.41) is 12.5. The van der Waals surface area contributed by atoms with Crippen molar-refractivity contribution < 1.29 is 28.6 Å². The lowest BCUT2D eigenvalue weighted by atomic mass is 9.99. The monoisotopic (exact) mass is 439 g/mol. The highest BCUT2D eigenvalue weighted by atomic mass is 16.5. The molecule has 2 N–H and O–H groups in total. The van der Waals surface area contributed by atoms with E-state index in [0.717, 1.165) is 5.56 Å². The van der Waals surface area contributed by atoms with Gasteiger partial charge in [-0.3, -0.25) is 4.79 Å². The van der Waals surface area contributed by atoms with Crippen LogP contribution in [0.5, 0.6) is 11.5 Å². The first kappa shape index (κ1) is 22.9. The van der Waals surface area contributed by atoms with Crippen LogP contribution >= 0.6 is 0 Å². The minimum atomic E-state index is -1.09. The van der Waals surface area contributed by atoms with Gasteiger partial charge in [-0.15, -0.1) is 0 Å². The van der Waals surface area contributed by atoms with Crippen molar-refractivity contribution in [1.82, 2.24) is 5.32 Å². The van der Waals surface area contributed by atoms with Crippen LogP contribution in [0.3, 0.4) is 0 Å². The van der Waals surface area contributed by atoms with E-state index in [0.29, 0.717) is 34.5 Å². The van der Waals surface area contributed by atoms with Gasteiger partial charge in [-0.2, -0.15) is 0 Å². The van der Waals surface area contributed by atoms with E-state index in [4.69, 9.17) is 13.9 Å². The van der Waals surface area contributed by atoms with Crippen molar-refractivity contribution in [3.8, 4) is 22.6 Å². The number of carboxylic acid groups (broad SMARTS) is 1. The second-order valence-electron chi connectivity index (χ2n) is 7.42. The van der Waals surface area contributed by atoms with Crippen LogP contribution in [-0.2, 0) is 9.59 Å². The first-order valence-corrected chi connectivity index (χ1v) is 10.2. The number of rotatable bonds is 9. The van der Waals surface area contributed by atoms with Gasteiger partial charge < -0.3 is 24.3 Å². The molecular weight excluding hydrogens is 414 g/mol. The minimum absolute atomic E-state index is 0.220. The molecule has 8 nitrogen and oxygen atoms in total. The number of methoxy groups -OCH3 is 1. The average molecular weight is 439 g/mol. The number of amides is 1. The predicted molar refractivity (Wildman–Crippen MR) is 119 cm³/mol. The standard InChI is InChI=1S/C24H25NO7/c1-4-14(2)23(24(28)29)25-21(26)13-31-17-9-10-18-19(12-22(27)32-20(18)11-17)15-5-7-16(30-3)8-6-15/h5-12,14,23H,4,13H2,1-3H3,(H,25,26)(H,28,29)/t14-,23-/m0/s1. The van der Waals surface area contributed by atoms with Gasteiger partial charge in [0.1, 0.15) is 23.1 Å². The molecule has 0 aliphatic heterocycles. The van der Waals surface area contributed by atoms with E-state index in [2.05, 4.69) is 5.32 Å². The van der Waals surface area contributed by atoms with Crippen LogP contribution in [0.25, 0.3) is 22.1 Å². The molecular formula is C24H25NO7. The Morgan fingerprint density at radius 2 is 1.78 bits per heavy atom. The lowest BCUT2D eigenvalue weighted by Crippen LogP contribution is -2.46. The van der Waals surface area contributed by atoms with Gasteiger partial charge in [0.15, 0.2) is 6.61 Å². The molecule has 3 rings (SSSR count). The highest BCUT2D eigenvalue weighted by Gasteiger charge is 2.25. The van der Waals surface area contributed by atoms with Crippen molar-refractivity contribution in [2.75, 3.05) is 13.7 Å². The summed E-state index contributed by atoms with van der Waals surface area (Å²) in [5.41, 5.74) is 1.31. The van der Waals surface area contributed by atoms with Gasteiger partial charge >= 0.3 is 11.6 Å². The molecule has 0 bridgehead atoms. The van der Waals surface area contributed by atoms with Crippen LogP contribution in [0.4, 0.5) is 0 Å². The average Bonchev–Trinajstić information content (AvgIpc) is 2.79. The Hall–Kier alpha value is -3.81. The van der Waals surface area contributed by atoms with Crippen molar-refractivity contribution in [2.24, 2.45) is 5.92 Å². The molecule has 2 atom stereocenters. The minimum Gasteiger partial charge on any atom is -0.497 e. The second-order valence-corrected chi connectivity index (χ2v) is 7.42. The van der Waals surface area contributed by atoms with Crippen molar-refractivity contribution >= 4 is 22.8 Å². The van der Waals surface area contributed by atoms with E-state index in [9.17, 15) is 19.5 Å². The van der Waals surface area contributed by atoms with E-state index in [1.165, 1.54) is 12.1 Å². The fourth-order valence-electron chi connectivity index (χ4n) is 3.29. The summed E-state index contributed by atoms with van der Waals surface area (Å²) in [4.78, 5) is 35.6. The fourth-order valence-corrected chi connectivity index (χ4v) is 3.29. The van der Waals surface area contributed by atoms with E-state index in [1.807, 2.05) is 19.1 Å². The van der Waals surface area contributed by atoms with Crippen LogP contribution in [0.15, 0.2) is 57.7 Å². The Bertz CT molecular complexity index is 1170. The van der Waals surface area contributed by atoms with Gasteiger partial charge in [-0.25, -0.2) is 9.59 Å². The third-order valence-electron chi connectivity index (χ3n) is 5.28. The zero-order chi connectivity index (χ0) is 23.3. The van der Waals surface area contributed by atoms with Gasteiger partial charge in [0.05, 0.1) is 7.11 Å². The van der Waals surface area contributed by atoms with Gasteiger partial charge in [-0.05, 0) is 41.3 Å². The summed E-state index contributed by atoms with van der Waals surface area (Å²) in [6.07, 6.45) is 0.609. The SMILES string of the molecule is CC[C@H](C)[C@H](NC(=O)COc1ccc2c(-c3ccc(OC)cc3)cc(=O)oc2c1)C(=O)O. The lowest BCUT2D eigenvalue weighted by Gasteiger charge is -2.20. The molecule has 1 amide bonds. The number of ether oxygens (including phenoxy) is 2. The highest BCUT2D eigenvalue weighted by molar-refractivity contribution is 5.94. The molecule has 2 aromatic carbocycles. The summed E-state index contributed by atoms with van der Waals surface area (Å²) in [6.45, 7) is 3.24. The maximum atomic E-state index is 12.2. The molecule has 1 heterocycles. The number of hydrogen-bond acceptors (Lipinski definition) is 6.